The van der Waals surface area contributed by atoms with Crippen LogP contribution in [0, 0.1) is 10.1 Å². The number of carbonyl (C=O) groups excluding carboxylic acids is 1. The Morgan fingerprint density at radius 3 is 2.44 bits per heavy atom. The minimum absolute atomic E-state index is 0.0964. The van der Waals surface area contributed by atoms with E-state index in [0.717, 1.165) is 13.1 Å². The first-order chi connectivity index (χ1) is 12.5. The van der Waals surface area contributed by atoms with Crippen molar-refractivity contribution in [3.05, 3.63) is 33.9 Å². The van der Waals surface area contributed by atoms with Crippen LogP contribution < -0.4 is 10.2 Å². The minimum atomic E-state index is -0.489. The molecule has 0 spiro atoms. The summed E-state index contributed by atoms with van der Waals surface area (Å²) < 4.78 is 5.79. The number of amides is 1. The molecule has 0 unspecified atom stereocenters. The first-order valence-corrected chi connectivity index (χ1v) is 9.15. The molecule has 150 valence electrons. The third-order valence-corrected chi connectivity index (χ3v) is 4.87. The number of hydrogen-bond donors (Lipinski definition) is 1. The number of rotatable bonds is 6. The van der Waals surface area contributed by atoms with Crippen molar-refractivity contribution in [2.24, 2.45) is 0 Å². The number of morpholine rings is 1. The Labute approximate surface area is 160 Å². The highest BCUT2D eigenvalue weighted by Crippen LogP contribution is 2.25. The van der Waals surface area contributed by atoms with E-state index in [4.69, 9.17) is 4.74 Å². The third kappa shape index (κ3) is 5.17. The number of anilines is 1. The Morgan fingerprint density at radius 1 is 1.33 bits per heavy atom. The van der Waals surface area contributed by atoms with Crippen molar-refractivity contribution in [1.82, 2.24) is 10.2 Å². The number of non-ortho nitro benzene ring substituents is 1. The lowest BCUT2D eigenvalue weighted by molar-refractivity contribution is -0.384. The van der Waals surface area contributed by atoms with Gasteiger partial charge in [-0.3, -0.25) is 19.8 Å². The highest BCUT2D eigenvalue weighted by Gasteiger charge is 2.33. The van der Waals surface area contributed by atoms with Crippen LogP contribution in [0.2, 0.25) is 0 Å². The van der Waals surface area contributed by atoms with Crippen LogP contribution in [0.25, 0.3) is 0 Å². The van der Waals surface area contributed by atoms with Crippen molar-refractivity contribution < 1.29 is 14.5 Å². The van der Waals surface area contributed by atoms with Crippen LogP contribution in [0.4, 0.5) is 11.4 Å². The van der Waals surface area contributed by atoms with Crippen molar-refractivity contribution in [3.8, 4) is 0 Å². The van der Waals surface area contributed by atoms with E-state index in [0.29, 0.717) is 17.8 Å². The van der Waals surface area contributed by atoms with E-state index in [-0.39, 0.29) is 29.3 Å². The van der Waals surface area contributed by atoms with E-state index < -0.39 is 4.92 Å². The molecule has 1 fully saturated rings. The molecule has 1 N–H and O–H groups in total. The summed E-state index contributed by atoms with van der Waals surface area (Å²) in [5.41, 5.74) is 0.583. The standard InChI is InChI=1S/C19H30N4O4/c1-13-10-22(11-14(2)27-13)19(3,4)12-20-18(24)16-9-15(23(25)26)7-8-17(16)21(5)6/h7-9,13-14H,10-12H2,1-6H3,(H,20,24)/t13-,14-/m1/s1. The topological polar surface area (TPSA) is 88.0 Å². The van der Waals surface area contributed by atoms with Gasteiger partial charge in [-0.25, -0.2) is 0 Å². The molecule has 2 rings (SSSR count). The lowest BCUT2D eigenvalue weighted by Crippen LogP contribution is -2.58. The van der Waals surface area contributed by atoms with Crippen molar-refractivity contribution in [2.45, 2.75) is 45.4 Å². The summed E-state index contributed by atoms with van der Waals surface area (Å²) in [7, 11) is 3.61. The summed E-state index contributed by atoms with van der Waals surface area (Å²) in [6.07, 6.45) is 0.279. The normalized spacial score (nSPS) is 21.0. The zero-order valence-electron chi connectivity index (χ0n) is 17.0. The highest BCUT2D eigenvalue weighted by atomic mass is 16.6. The molecule has 1 aliphatic heterocycles. The summed E-state index contributed by atoms with van der Waals surface area (Å²) in [5.74, 6) is -0.315. The van der Waals surface area contributed by atoms with Crippen LogP contribution >= 0.6 is 0 Å². The molecule has 0 radical (unpaired) electrons. The summed E-state index contributed by atoms with van der Waals surface area (Å²) in [6.45, 7) is 10.3. The van der Waals surface area contributed by atoms with Gasteiger partial charge in [0.05, 0.1) is 22.7 Å². The smallest absolute Gasteiger partial charge is 0.270 e. The van der Waals surface area contributed by atoms with E-state index in [1.807, 2.05) is 13.8 Å². The van der Waals surface area contributed by atoms with E-state index >= 15 is 0 Å². The van der Waals surface area contributed by atoms with Gasteiger partial charge < -0.3 is 15.0 Å². The van der Waals surface area contributed by atoms with Gasteiger partial charge in [-0.05, 0) is 33.8 Å². The zero-order valence-corrected chi connectivity index (χ0v) is 17.0. The van der Waals surface area contributed by atoms with Gasteiger partial charge >= 0.3 is 0 Å². The van der Waals surface area contributed by atoms with Crippen LogP contribution in [-0.2, 0) is 4.74 Å². The number of benzene rings is 1. The van der Waals surface area contributed by atoms with Gasteiger partial charge in [0, 0.05) is 57.1 Å². The van der Waals surface area contributed by atoms with Crippen LogP contribution in [0.15, 0.2) is 18.2 Å². The number of nitro benzene ring substituents is 1. The number of carbonyl (C=O) groups is 1. The zero-order chi connectivity index (χ0) is 20.4. The molecule has 8 nitrogen and oxygen atoms in total. The van der Waals surface area contributed by atoms with Crippen LogP contribution in [0.5, 0.6) is 0 Å². The molecule has 1 aromatic rings. The first kappa shape index (κ1) is 21.1. The molecule has 1 aromatic carbocycles. The Kier molecular flexibility index (Phi) is 6.43. The number of hydrogen-bond acceptors (Lipinski definition) is 6. The van der Waals surface area contributed by atoms with Gasteiger partial charge in [0.1, 0.15) is 0 Å². The molecule has 0 aliphatic carbocycles. The molecule has 0 saturated carbocycles. The second kappa shape index (κ2) is 8.22. The molecule has 2 atom stereocenters. The average Bonchev–Trinajstić information content (AvgIpc) is 2.58. The lowest BCUT2D eigenvalue weighted by Gasteiger charge is -2.45. The van der Waals surface area contributed by atoms with Gasteiger partial charge in [-0.2, -0.15) is 0 Å². The number of nitrogens with zero attached hydrogens (tertiary/aromatic N) is 3. The third-order valence-electron chi connectivity index (χ3n) is 4.87. The molecule has 1 heterocycles. The maximum atomic E-state index is 12.8. The molecule has 1 aliphatic rings. The van der Waals surface area contributed by atoms with Crippen LogP contribution in [-0.4, -0.2) is 67.2 Å². The summed E-state index contributed by atoms with van der Waals surface area (Å²) >= 11 is 0. The molecular weight excluding hydrogens is 348 g/mol. The predicted molar refractivity (Wildman–Crippen MR) is 105 cm³/mol. The number of nitrogens with one attached hydrogen (secondary N) is 1. The molecule has 0 bridgehead atoms. The lowest BCUT2D eigenvalue weighted by atomic mass is 9.99. The number of nitro groups is 1. The maximum absolute atomic E-state index is 12.8. The second-order valence-electron chi connectivity index (χ2n) is 8.01. The second-order valence-corrected chi connectivity index (χ2v) is 8.01. The molecule has 1 amide bonds. The molecule has 1 saturated heterocycles. The van der Waals surface area contributed by atoms with E-state index in [1.165, 1.54) is 12.1 Å². The Bertz CT molecular complexity index is 695. The summed E-state index contributed by atoms with van der Waals surface area (Å²) in [4.78, 5) is 27.5. The van der Waals surface area contributed by atoms with E-state index in [2.05, 4.69) is 24.1 Å². The highest BCUT2D eigenvalue weighted by molar-refractivity contribution is 6.00. The molecule has 0 aromatic heterocycles. The van der Waals surface area contributed by atoms with Crippen molar-refractivity contribution in [3.63, 3.8) is 0 Å². The Hall–Kier alpha value is -2.19. The van der Waals surface area contributed by atoms with Gasteiger partial charge in [-0.1, -0.05) is 0 Å². The molecular formula is C19H30N4O4. The van der Waals surface area contributed by atoms with Gasteiger partial charge in [0.25, 0.3) is 11.6 Å². The van der Waals surface area contributed by atoms with Crippen molar-refractivity contribution in [1.29, 1.82) is 0 Å². The minimum Gasteiger partial charge on any atom is -0.377 e. The Balaban J connectivity index is 2.14. The summed E-state index contributed by atoms with van der Waals surface area (Å²) in [5, 5.41) is 14.0. The Morgan fingerprint density at radius 2 is 1.93 bits per heavy atom. The molecule has 27 heavy (non-hydrogen) atoms. The van der Waals surface area contributed by atoms with Crippen LogP contribution in [0.1, 0.15) is 38.1 Å². The number of ether oxygens (including phenoxy) is 1. The van der Waals surface area contributed by atoms with Gasteiger partial charge in [0.15, 0.2) is 0 Å². The quantitative estimate of drug-likeness (QED) is 0.604. The fourth-order valence-electron chi connectivity index (χ4n) is 3.39. The fraction of sp³-hybridized carbons (Fsp3) is 0.632. The van der Waals surface area contributed by atoms with Gasteiger partial charge in [0.2, 0.25) is 0 Å². The van der Waals surface area contributed by atoms with E-state index in [1.54, 1.807) is 25.1 Å². The average molecular weight is 378 g/mol. The van der Waals surface area contributed by atoms with Gasteiger partial charge in [-0.15, -0.1) is 0 Å². The largest absolute Gasteiger partial charge is 0.377 e. The fourth-order valence-corrected chi connectivity index (χ4v) is 3.39. The predicted octanol–water partition coefficient (Wildman–Crippen LogP) is 2.28. The van der Waals surface area contributed by atoms with Crippen molar-refractivity contribution >= 4 is 17.3 Å². The van der Waals surface area contributed by atoms with Crippen LogP contribution in [0.3, 0.4) is 0 Å². The SMILES string of the molecule is C[C@@H]1CN(C(C)(C)CNC(=O)c2cc([N+](=O)[O-])ccc2N(C)C)C[C@@H](C)O1. The summed E-state index contributed by atoms with van der Waals surface area (Å²) in [6, 6.07) is 4.34. The van der Waals surface area contributed by atoms with E-state index in [9.17, 15) is 14.9 Å². The molecule has 8 heteroatoms. The monoisotopic (exact) mass is 378 g/mol. The maximum Gasteiger partial charge on any atom is 0.270 e. The van der Waals surface area contributed by atoms with Crippen molar-refractivity contribution in [2.75, 3.05) is 38.6 Å². The first-order valence-electron chi connectivity index (χ1n) is 9.15.